The molecule has 7 nitrogen and oxygen atoms in total. The zero-order valence-electron chi connectivity index (χ0n) is 11.4. The molecule has 106 valence electrons. The summed E-state index contributed by atoms with van der Waals surface area (Å²) < 4.78 is 1.70. The SMILES string of the molecule is Cn1cc(CCNC(=O)NC(C)(C)CC(=O)O)cn1. The lowest BCUT2D eigenvalue weighted by Gasteiger charge is -2.24. The molecule has 0 bridgehead atoms. The smallest absolute Gasteiger partial charge is 0.315 e. The lowest BCUT2D eigenvalue weighted by molar-refractivity contribution is -0.138. The number of urea groups is 1. The van der Waals surface area contributed by atoms with Gasteiger partial charge in [-0.25, -0.2) is 4.79 Å². The zero-order valence-corrected chi connectivity index (χ0v) is 11.4. The third-order valence-electron chi connectivity index (χ3n) is 2.50. The van der Waals surface area contributed by atoms with Gasteiger partial charge in [0.15, 0.2) is 0 Å². The molecule has 0 aliphatic rings. The molecule has 2 amide bonds. The van der Waals surface area contributed by atoms with Crippen LogP contribution in [0.3, 0.4) is 0 Å². The molecule has 7 heteroatoms. The summed E-state index contributed by atoms with van der Waals surface area (Å²) >= 11 is 0. The van der Waals surface area contributed by atoms with Crippen molar-refractivity contribution in [3.8, 4) is 0 Å². The van der Waals surface area contributed by atoms with Crippen LogP contribution in [0.25, 0.3) is 0 Å². The Morgan fingerprint density at radius 1 is 1.47 bits per heavy atom. The number of carboxylic acid groups (broad SMARTS) is 1. The maximum absolute atomic E-state index is 11.6. The minimum absolute atomic E-state index is 0.122. The monoisotopic (exact) mass is 268 g/mol. The number of carbonyl (C=O) groups excluding carboxylic acids is 1. The van der Waals surface area contributed by atoms with Gasteiger partial charge in [-0.1, -0.05) is 0 Å². The second kappa shape index (κ2) is 6.21. The van der Waals surface area contributed by atoms with Gasteiger partial charge in [-0.05, 0) is 25.8 Å². The van der Waals surface area contributed by atoms with E-state index in [2.05, 4.69) is 15.7 Å². The molecule has 0 aromatic carbocycles. The third kappa shape index (κ3) is 5.89. The number of nitrogens with zero attached hydrogens (tertiary/aromatic N) is 2. The second-order valence-corrected chi connectivity index (χ2v) is 5.11. The summed E-state index contributed by atoms with van der Waals surface area (Å²) in [6.45, 7) is 3.81. The summed E-state index contributed by atoms with van der Waals surface area (Å²) in [7, 11) is 1.83. The number of amides is 2. The lowest BCUT2D eigenvalue weighted by atomic mass is 10.0. The molecule has 0 atom stereocenters. The van der Waals surface area contributed by atoms with Gasteiger partial charge in [0.1, 0.15) is 0 Å². The lowest BCUT2D eigenvalue weighted by Crippen LogP contribution is -2.49. The van der Waals surface area contributed by atoms with E-state index in [9.17, 15) is 9.59 Å². The van der Waals surface area contributed by atoms with Crippen molar-refractivity contribution in [3.63, 3.8) is 0 Å². The van der Waals surface area contributed by atoms with Crippen LogP contribution in [-0.4, -0.2) is 39.0 Å². The molecule has 0 saturated carbocycles. The molecule has 1 rings (SSSR count). The van der Waals surface area contributed by atoms with Crippen LogP contribution in [-0.2, 0) is 18.3 Å². The van der Waals surface area contributed by atoms with E-state index >= 15 is 0 Å². The Labute approximate surface area is 112 Å². The molecule has 0 spiro atoms. The average molecular weight is 268 g/mol. The number of aryl methyl sites for hydroxylation is 1. The second-order valence-electron chi connectivity index (χ2n) is 5.11. The molecule has 19 heavy (non-hydrogen) atoms. The third-order valence-corrected chi connectivity index (χ3v) is 2.50. The molecule has 1 heterocycles. The molecule has 0 fully saturated rings. The first kappa shape index (κ1) is 15.0. The van der Waals surface area contributed by atoms with E-state index < -0.39 is 11.5 Å². The first-order valence-electron chi connectivity index (χ1n) is 6.04. The summed E-state index contributed by atoms with van der Waals surface area (Å²) in [5.41, 5.74) is 0.261. The van der Waals surface area contributed by atoms with E-state index in [4.69, 9.17) is 5.11 Å². The summed E-state index contributed by atoms with van der Waals surface area (Å²) in [4.78, 5) is 22.2. The number of aliphatic carboxylic acids is 1. The van der Waals surface area contributed by atoms with Crippen molar-refractivity contribution in [2.24, 2.45) is 7.05 Å². The summed E-state index contributed by atoms with van der Waals surface area (Å²) in [5, 5.41) is 18.1. The zero-order chi connectivity index (χ0) is 14.5. The highest BCUT2D eigenvalue weighted by atomic mass is 16.4. The molecule has 0 aliphatic carbocycles. The van der Waals surface area contributed by atoms with Crippen LogP contribution in [0.4, 0.5) is 4.79 Å². The predicted octanol–water partition coefficient (Wildman–Crippen LogP) is 0.515. The van der Waals surface area contributed by atoms with Crippen molar-refractivity contribution < 1.29 is 14.7 Å². The van der Waals surface area contributed by atoms with Crippen LogP contribution in [0.1, 0.15) is 25.8 Å². The Kier molecular flexibility index (Phi) is 4.91. The van der Waals surface area contributed by atoms with Crippen molar-refractivity contribution >= 4 is 12.0 Å². The number of nitrogens with one attached hydrogen (secondary N) is 2. The van der Waals surface area contributed by atoms with Crippen LogP contribution in [0.15, 0.2) is 12.4 Å². The maximum atomic E-state index is 11.6. The van der Waals surface area contributed by atoms with Crippen molar-refractivity contribution in [1.82, 2.24) is 20.4 Å². The minimum Gasteiger partial charge on any atom is -0.481 e. The molecule has 0 unspecified atom stereocenters. The van der Waals surface area contributed by atoms with Crippen molar-refractivity contribution in [3.05, 3.63) is 18.0 Å². The van der Waals surface area contributed by atoms with Crippen LogP contribution in [0, 0.1) is 0 Å². The molecule has 3 N–H and O–H groups in total. The van der Waals surface area contributed by atoms with Crippen LogP contribution < -0.4 is 10.6 Å². The quantitative estimate of drug-likeness (QED) is 0.700. The summed E-state index contributed by atoms with van der Waals surface area (Å²) in [5.74, 6) is -0.944. The molecule has 0 saturated heterocycles. The van der Waals surface area contributed by atoms with Crippen LogP contribution in [0.2, 0.25) is 0 Å². The summed E-state index contributed by atoms with van der Waals surface area (Å²) in [6, 6.07) is -0.366. The van der Waals surface area contributed by atoms with Gasteiger partial charge in [0.05, 0.1) is 12.6 Å². The van der Waals surface area contributed by atoms with E-state index in [1.807, 2.05) is 13.2 Å². The van der Waals surface area contributed by atoms with Gasteiger partial charge >= 0.3 is 12.0 Å². The topological polar surface area (TPSA) is 96.2 Å². The Hall–Kier alpha value is -2.05. The largest absolute Gasteiger partial charge is 0.481 e. The Bertz CT molecular complexity index is 454. The molecule has 1 aromatic rings. The highest BCUT2D eigenvalue weighted by Crippen LogP contribution is 2.07. The number of aromatic nitrogens is 2. The van der Waals surface area contributed by atoms with Crippen LogP contribution in [0.5, 0.6) is 0 Å². The minimum atomic E-state index is -0.944. The number of rotatable bonds is 6. The Morgan fingerprint density at radius 3 is 2.68 bits per heavy atom. The van der Waals surface area contributed by atoms with E-state index in [0.717, 1.165) is 5.56 Å². The van der Waals surface area contributed by atoms with Crippen LogP contribution >= 0.6 is 0 Å². The highest BCUT2D eigenvalue weighted by Gasteiger charge is 2.23. The standard InChI is InChI=1S/C12H20N4O3/c1-12(2,6-10(17)18)15-11(19)13-5-4-9-7-14-16(3)8-9/h7-8H,4-6H2,1-3H3,(H,17,18)(H2,13,15,19). The number of carbonyl (C=O) groups is 2. The van der Waals surface area contributed by atoms with E-state index in [1.54, 1.807) is 24.7 Å². The molecular formula is C12H20N4O3. The number of carboxylic acids is 1. The van der Waals surface area contributed by atoms with E-state index in [0.29, 0.717) is 13.0 Å². The molecular weight excluding hydrogens is 248 g/mol. The van der Waals surface area contributed by atoms with Crippen molar-refractivity contribution in [2.75, 3.05) is 6.54 Å². The first-order valence-corrected chi connectivity index (χ1v) is 6.04. The van der Waals surface area contributed by atoms with Gasteiger partial charge < -0.3 is 15.7 Å². The predicted molar refractivity (Wildman–Crippen MR) is 69.8 cm³/mol. The maximum Gasteiger partial charge on any atom is 0.315 e. The molecule has 0 radical (unpaired) electrons. The van der Waals surface area contributed by atoms with E-state index in [-0.39, 0.29) is 12.5 Å². The van der Waals surface area contributed by atoms with Gasteiger partial charge in [0.2, 0.25) is 0 Å². The summed E-state index contributed by atoms with van der Waals surface area (Å²) in [6.07, 6.45) is 4.19. The number of hydrogen-bond acceptors (Lipinski definition) is 3. The average Bonchev–Trinajstić information content (AvgIpc) is 2.61. The van der Waals surface area contributed by atoms with Gasteiger partial charge in [-0.3, -0.25) is 9.48 Å². The Morgan fingerprint density at radius 2 is 2.16 bits per heavy atom. The van der Waals surface area contributed by atoms with Crippen molar-refractivity contribution in [1.29, 1.82) is 0 Å². The molecule has 1 aromatic heterocycles. The fourth-order valence-corrected chi connectivity index (χ4v) is 1.70. The van der Waals surface area contributed by atoms with E-state index in [1.165, 1.54) is 0 Å². The Balaban J connectivity index is 2.29. The number of hydrogen-bond donors (Lipinski definition) is 3. The first-order chi connectivity index (χ1) is 8.78. The fourth-order valence-electron chi connectivity index (χ4n) is 1.70. The molecule has 0 aliphatic heterocycles. The fraction of sp³-hybridized carbons (Fsp3) is 0.583. The van der Waals surface area contributed by atoms with Gasteiger partial charge in [-0.2, -0.15) is 5.10 Å². The van der Waals surface area contributed by atoms with Gasteiger partial charge in [0.25, 0.3) is 0 Å². The van der Waals surface area contributed by atoms with Crippen molar-refractivity contribution in [2.45, 2.75) is 32.2 Å². The van der Waals surface area contributed by atoms with Gasteiger partial charge in [-0.15, -0.1) is 0 Å². The highest BCUT2D eigenvalue weighted by molar-refractivity contribution is 5.76. The normalized spacial score (nSPS) is 11.1. The van der Waals surface area contributed by atoms with Gasteiger partial charge in [0, 0.05) is 25.3 Å².